The van der Waals surface area contributed by atoms with E-state index in [-0.39, 0.29) is 5.91 Å². The largest absolute Gasteiger partial charge is 0.477 e. The van der Waals surface area contributed by atoms with E-state index in [1.165, 1.54) is 0 Å². The first-order chi connectivity index (χ1) is 11.0. The Labute approximate surface area is 142 Å². The number of nitrogens with zero attached hydrogens (tertiary/aromatic N) is 1. The minimum atomic E-state index is -0.582. The molecule has 1 heterocycles. The number of carbonyl (C=O) groups excluding carboxylic acids is 1. The number of fused-ring (bicyclic) bond motifs is 1. The van der Waals surface area contributed by atoms with Crippen molar-refractivity contribution in [3.8, 4) is 5.75 Å². The lowest BCUT2D eigenvalue weighted by Gasteiger charge is -2.35. The predicted octanol–water partition coefficient (Wildman–Crippen LogP) is 2.23. The Morgan fingerprint density at radius 3 is 2.87 bits per heavy atom. The fourth-order valence-corrected chi connectivity index (χ4v) is 2.49. The van der Waals surface area contributed by atoms with Gasteiger partial charge < -0.3 is 20.3 Å². The smallest absolute Gasteiger partial charge is 0.262 e. The molecule has 0 radical (unpaired) electrons. The van der Waals surface area contributed by atoms with Gasteiger partial charge in [-0.2, -0.15) is 0 Å². The van der Waals surface area contributed by atoms with Crippen LogP contribution in [0.1, 0.15) is 20.3 Å². The highest BCUT2D eigenvalue weighted by molar-refractivity contribution is 7.80. The Hall–Kier alpha value is -2.08. The van der Waals surface area contributed by atoms with Gasteiger partial charge in [0.25, 0.3) is 5.91 Å². The number of nitrogens with one attached hydrogen (secondary N) is 2. The van der Waals surface area contributed by atoms with Crippen molar-refractivity contribution < 1.29 is 9.53 Å². The Morgan fingerprint density at radius 1 is 1.43 bits per heavy atom. The van der Waals surface area contributed by atoms with Crippen LogP contribution in [0.5, 0.6) is 5.75 Å². The van der Waals surface area contributed by atoms with Crippen molar-refractivity contribution in [1.29, 1.82) is 0 Å². The van der Waals surface area contributed by atoms with Gasteiger partial charge in [0.2, 0.25) is 0 Å². The lowest BCUT2D eigenvalue weighted by atomic mass is 10.2. The van der Waals surface area contributed by atoms with E-state index >= 15 is 0 Å². The molecule has 2 rings (SSSR count). The maximum atomic E-state index is 12.3. The van der Waals surface area contributed by atoms with Crippen molar-refractivity contribution in [2.45, 2.75) is 26.4 Å². The zero-order valence-corrected chi connectivity index (χ0v) is 14.4. The molecule has 0 spiro atoms. The van der Waals surface area contributed by atoms with Crippen LogP contribution in [0.15, 0.2) is 36.4 Å². The third-order valence-corrected chi connectivity index (χ3v) is 3.77. The van der Waals surface area contributed by atoms with E-state index in [1.54, 1.807) is 0 Å². The monoisotopic (exact) mass is 333 g/mol. The molecule has 1 aromatic carbocycles. The fraction of sp³-hybridized carbons (Fsp3) is 0.412. The number of anilines is 1. The Morgan fingerprint density at radius 2 is 2.17 bits per heavy atom. The van der Waals surface area contributed by atoms with Crippen LogP contribution in [0.2, 0.25) is 0 Å². The molecular formula is C17H23N3O2S. The summed E-state index contributed by atoms with van der Waals surface area (Å²) < 4.78 is 5.84. The SMILES string of the molecule is C=C(C)CNC(=S)N1C[C@H](C(=O)NCCC)Oc2ccccc21. The van der Waals surface area contributed by atoms with E-state index in [1.807, 2.05) is 43.0 Å². The van der Waals surface area contributed by atoms with Crippen molar-refractivity contribution in [3.63, 3.8) is 0 Å². The Bertz CT molecular complexity index is 603. The molecule has 1 amide bonds. The molecule has 0 aromatic heterocycles. The van der Waals surface area contributed by atoms with Gasteiger partial charge in [0.15, 0.2) is 11.2 Å². The van der Waals surface area contributed by atoms with Gasteiger partial charge in [-0.05, 0) is 37.7 Å². The highest BCUT2D eigenvalue weighted by Gasteiger charge is 2.32. The molecule has 2 N–H and O–H groups in total. The molecule has 1 aliphatic heterocycles. The molecule has 0 saturated heterocycles. The van der Waals surface area contributed by atoms with Gasteiger partial charge in [0.1, 0.15) is 5.75 Å². The second-order valence-corrected chi connectivity index (χ2v) is 5.98. The molecule has 6 heteroatoms. The van der Waals surface area contributed by atoms with E-state index in [9.17, 15) is 4.79 Å². The predicted molar refractivity (Wildman–Crippen MR) is 96.9 cm³/mol. The maximum Gasteiger partial charge on any atom is 0.262 e. The second kappa shape index (κ2) is 7.97. The van der Waals surface area contributed by atoms with Crippen LogP contribution in [-0.2, 0) is 4.79 Å². The van der Waals surface area contributed by atoms with E-state index in [4.69, 9.17) is 17.0 Å². The summed E-state index contributed by atoms with van der Waals surface area (Å²) in [5.74, 6) is 0.545. The minimum absolute atomic E-state index is 0.117. The molecule has 124 valence electrons. The average molecular weight is 333 g/mol. The number of para-hydroxylation sites is 2. The highest BCUT2D eigenvalue weighted by Crippen LogP contribution is 2.33. The lowest BCUT2D eigenvalue weighted by molar-refractivity contribution is -0.127. The molecule has 23 heavy (non-hydrogen) atoms. The molecule has 1 aromatic rings. The minimum Gasteiger partial charge on any atom is -0.477 e. The average Bonchev–Trinajstić information content (AvgIpc) is 2.56. The van der Waals surface area contributed by atoms with Gasteiger partial charge in [-0.15, -0.1) is 0 Å². The second-order valence-electron chi connectivity index (χ2n) is 5.59. The fourth-order valence-electron chi connectivity index (χ4n) is 2.25. The zero-order chi connectivity index (χ0) is 16.8. The molecule has 0 bridgehead atoms. The molecule has 5 nitrogen and oxygen atoms in total. The summed E-state index contributed by atoms with van der Waals surface area (Å²) in [5.41, 5.74) is 1.86. The van der Waals surface area contributed by atoms with E-state index < -0.39 is 6.10 Å². The third-order valence-electron chi connectivity index (χ3n) is 3.40. The molecular weight excluding hydrogens is 310 g/mol. The van der Waals surface area contributed by atoms with Gasteiger partial charge in [-0.25, -0.2) is 0 Å². The van der Waals surface area contributed by atoms with Crippen molar-refractivity contribution in [3.05, 3.63) is 36.4 Å². The molecule has 1 aliphatic rings. The maximum absolute atomic E-state index is 12.3. The molecule has 0 aliphatic carbocycles. The Balaban J connectivity index is 2.17. The number of rotatable bonds is 5. The molecule has 0 saturated carbocycles. The van der Waals surface area contributed by atoms with Crippen molar-refractivity contribution >= 4 is 28.9 Å². The first-order valence-corrected chi connectivity index (χ1v) is 8.17. The van der Waals surface area contributed by atoms with Gasteiger partial charge >= 0.3 is 0 Å². The normalized spacial score (nSPS) is 16.1. The highest BCUT2D eigenvalue weighted by atomic mass is 32.1. The van der Waals surface area contributed by atoms with Crippen LogP contribution >= 0.6 is 12.2 Å². The van der Waals surface area contributed by atoms with E-state index in [0.717, 1.165) is 17.7 Å². The summed E-state index contributed by atoms with van der Waals surface area (Å²) in [4.78, 5) is 14.2. The number of amides is 1. The van der Waals surface area contributed by atoms with Crippen LogP contribution < -0.4 is 20.3 Å². The summed E-state index contributed by atoms with van der Waals surface area (Å²) in [7, 11) is 0. The number of thiocarbonyl (C=S) groups is 1. The number of benzene rings is 1. The van der Waals surface area contributed by atoms with Crippen LogP contribution in [0.25, 0.3) is 0 Å². The van der Waals surface area contributed by atoms with Gasteiger partial charge in [0, 0.05) is 13.1 Å². The van der Waals surface area contributed by atoms with Crippen molar-refractivity contribution in [2.75, 3.05) is 24.5 Å². The molecule has 0 unspecified atom stereocenters. The number of hydrogen-bond donors (Lipinski definition) is 2. The van der Waals surface area contributed by atoms with Gasteiger partial charge in [-0.1, -0.05) is 31.2 Å². The van der Waals surface area contributed by atoms with Crippen molar-refractivity contribution in [1.82, 2.24) is 10.6 Å². The van der Waals surface area contributed by atoms with Crippen molar-refractivity contribution in [2.24, 2.45) is 0 Å². The number of ether oxygens (including phenoxy) is 1. The summed E-state index contributed by atoms with van der Waals surface area (Å²) in [6, 6.07) is 7.59. The lowest BCUT2D eigenvalue weighted by Crippen LogP contribution is -2.53. The quantitative estimate of drug-likeness (QED) is 0.639. The number of carbonyl (C=O) groups is 1. The number of hydrogen-bond acceptors (Lipinski definition) is 3. The Kier molecular flexibility index (Phi) is 5.98. The summed E-state index contributed by atoms with van der Waals surface area (Å²) >= 11 is 5.48. The van der Waals surface area contributed by atoms with Crippen LogP contribution in [0, 0.1) is 0 Å². The standard InChI is InChI=1S/C17H23N3O2S/c1-4-9-18-16(21)15-11-20(17(23)19-10-12(2)3)13-7-5-6-8-14(13)22-15/h5-8,15H,2,4,9-11H2,1,3H3,(H,18,21)(H,19,23)/t15-/m1/s1. The van der Waals surface area contributed by atoms with Gasteiger partial charge in [-0.3, -0.25) is 4.79 Å². The van der Waals surface area contributed by atoms with E-state index in [2.05, 4.69) is 17.2 Å². The molecule has 0 fully saturated rings. The first-order valence-electron chi connectivity index (χ1n) is 7.76. The first kappa shape index (κ1) is 17.3. The summed E-state index contributed by atoms with van der Waals surface area (Å²) in [5, 5.41) is 6.61. The van der Waals surface area contributed by atoms with Crippen LogP contribution in [0.4, 0.5) is 5.69 Å². The van der Waals surface area contributed by atoms with Gasteiger partial charge in [0.05, 0.1) is 12.2 Å². The van der Waals surface area contributed by atoms with E-state index in [0.29, 0.717) is 30.5 Å². The summed E-state index contributed by atoms with van der Waals surface area (Å²) in [6.07, 6.45) is 0.304. The van der Waals surface area contributed by atoms with Crippen LogP contribution in [-0.4, -0.2) is 36.8 Å². The van der Waals surface area contributed by atoms with Crippen LogP contribution in [0.3, 0.4) is 0 Å². The topological polar surface area (TPSA) is 53.6 Å². The molecule has 1 atom stereocenters. The third kappa shape index (κ3) is 4.45. The zero-order valence-electron chi connectivity index (χ0n) is 13.6. The summed E-state index contributed by atoms with van der Waals surface area (Å²) in [6.45, 7) is 9.44.